The van der Waals surface area contributed by atoms with Crippen LogP contribution in [0.25, 0.3) is 10.9 Å². The molecule has 0 spiro atoms. The van der Waals surface area contributed by atoms with E-state index in [4.69, 9.17) is 5.73 Å². The Labute approximate surface area is 82.8 Å². The smallest absolute Gasteiger partial charge is 0.117 e. The lowest BCUT2D eigenvalue weighted by atomic mass is 10.2. The Bertz CT molecular complexity index is 471. The van der Waals surface area contributed by atoms with E-state index in [1.165, 1.54) is 0 Å². The number of anilines is 1. The first-order valence-electron chi connectivity index (χ1n) is 4.69. The Morgan fingerprint density at radius 3 is 2.64 bits per heavy atom. The molecule has 14 heavy (non-hydrogen) atoms. The van der Waals surface area contributed by atoms with Gasteiger partial charge in [-0.1, -0.05) is 0 Å². The lowest BCUT2D eigenvalue weighted by molar-refractivity contribution is 0.475. The third kappa shape index (κ3) is 1.21. The summed E-state index contributed by atoms with van der Waals surface area (Å²) in [4.78, 5) is 0. The lowest BCUT2D eigenvalue weighted by Crippen LogP contribution is -2.04. The monoisotopic (exact) mass is 190 g/mol. The number of aromatic hydroxyl groups is 1. The second-order valence-electron chi connectivity index (χ2n) is 3.78. The molecule has 1 heterocycles. The normalized spacial score (nSPS) is 11.4. The standard InChI is InChI=1S/C11H14N2O/c1-7(2)13-10-6-9(14)4-3-8(10)5-11(13)12/h3-7,14H,12H2,1-2H3. The quantitative estimate of drug-likeness (QED) is 0.726. The fourth-order valence-electron chi connectivity index (χ4n) is 1.81. The van der Waals surface area contributed by atoms with E-state index < -0.39 is 0 Å². The van der Waals surface area contributed by atoms with Crippen molar-refractivity contribution in [1.82, 2.24) is 4.57 Å². The summed E-state index contributed by atoms with van der Waals surface area (Å²) in [6.07, 6.45) is 0. The average Bonchev–Trinajstić information content (AvgIpc) is 2.40. The number of fused-ring (bicyclic) bond motifs is 1. The molecule has 1 aromatic carbocycles. The molecule has 0 amide bonds. The van der Waals surface area contributed by atoms with Crippen molar-refractivity contribution >= 4 is 16.7 Å². The zero-order valence-electron chi connectivity index (χ0n) is 8.36. The zero-order valence-corrected chi connectivity index (χ0v) is 8.36. The zero-order chi connectivity index (χ0) is 10.3. The lowest BCUT2D eigenvalue weighted by Gasteiger charge is -2.11. The van der Waals surface area contributed by atoms with Gasteiger partial charge in [0.25, 0.3) is 0 Å². The second kappa shape index (κ2) is 2.94. The molecular formula is C11H14N2O. The summed E-state index contributed by atoms with van der Waals surface area (Å²) in [6.45, 7) is 4.14. The third-order valence-electron chi connectivity index (χ3n) is 2.37. The van der Waals surface area contributed by atoms with Crippen LogP contribution in [0.1, 0.15) is 19.9 Å². The maximum Gasteiger partial charge on any atom is 0.117 e. The third-order valence-corrected chi connectivity index (χ3v) is 2.37. The van der Waals surface area contributed by atoms with Crippen molar-refractivity contribution in [2.24, 2.45) is 0 Å². The van der Waals surface area contributed by atoms with Gasteiger partial charge in [0.05, 0.1) is 5.52 Å². The molecule has 74 valence electrons. The van der Waals surface area contributed by atoms with Crippen molar-refractivity contribution in [3.8, 4) is 5.75 Å². The van der Waals surface area contributed by atoms with Crippen LogP contribution in [0, 0.1) is 0 Å². The Balaban J connectivity index is 2.79. The van der Waals surface area contributed by atoms with Crippen molar-refractivity contribution < 1.29 is 5.11 Å². The van der Waals surface area contributed by atoms with Gasteiger partial charge in [0.1, 0.15) is 11.6 Å². The molecular weight excluding hydrogens is 176 g/mol. The minimum atomic E-state index is 0.275. The first-order valence-corrected chi connectivity index (χ1v) is 4.69. The highest BCUT2D eigenvalue weighted by Gasteiger charge is 2.08. The van der Waals surface area contributed by atoms with Gasteiger partial charge in [-0.05, 0) is 32.0 Å². The van der Waals surface area contributed by atoms with Crippen molar-refractivity contribution in [2.45, 2.75) is 19.9 Å². The van der Waals surface area contributed by atoms with Crippen molar-refractivity contribution in [2.75, 3.05) is 5.73 Å². The minimum absolute atomic E-state index is 0.275. The minimum Gasteiger partial charge on any atom is -0.508 e. The van der Waals surface area contributed by atoms with Crippen LogP contribution >= 0.6 is 0 Å². The van der Waals surface area contributed by atoms with Gasteiger partial charge >= 0.3 is 0 Å². The van der Waals surface area contributed by atoms with Gasteiger partial charge in [-0.25, -0.2) is 0 Å². The fraction of sp³-hybridized carbons (Fsp3) is 0.273. The molecule has 0 aliphatic carbocycles. The SMILES string of the molecule is CC(C)n1c(N)cc2ccc(O)cc21. The van der Waals surface area contributed by atoms with Crippen LogP contribution in [0.5, 0.6) is 5.75 Å². The highest BCUT2D eigenvalue weighted by Crippen LogP contribution is 2.28. The Kier molecular flexibility index (Phi) is 1.88. The molecule has 0 aliphatic heterocycles. The Hall–Kier alpha value is -1.64. The first kappa shape index (κ1) is 8.94. The number of hydrogen-bond donors (Lipinski definition) is 2. The fourth-order valence-corrected chi connectivity index (χ4v) is 1.81. The molecule has 0 saturated heterocycles. The maximum atomic E-state index is 9.39. The topological polar surface area (TPSA) is 51.2 Å². The van der Waals surface area contributed by atoms with E-state index in [0.717, 1.165) is 16.7 Å². The van der Waals surface area contributed by atoms with Gasteiger partial charge in [-0.3, -0.25) is 0 Å². The number of nitrogens with zero attached hydrogens (tertiary/aromatic N) is 1. The molecule has 0 fully saturated rings. The van der Waals surface area contributed by atoms with Crippen LogP contribution < -0.4 is 5.73 Å². The van der Waals surface area contributed by atoms with E-state index in [1.54, 1.807) is 12.1 Å². The molecule has 0 saturated carbocycles. The van der Waals surface area contributed by atoms with Crippen LogP contribution in [-0.2, 0) is 0 Å². The summed E-state index contributed by atoms with van der Waals surface area (Å²) in [5, 5.41) is 10.5. The number of aromatic nitrogens is 1. The van der Waals surface area contributed by atoms with Crippen LogP contribution in [0.3, 0.4) is 0 Å². The first-order chi connectivity index (χ1) is 6.59. The highest BCUT2D eigenvalue weighted by atomic mass is 16.3. The Morgan fingerprint density at radius 2 is 2.00 bits per heavy atom. The van der Waals surface area contributed by atoms with Crippen LogP contribution in [0.2, 0.25) is 0 Å². The van der Waals surface area contributed by atoms with Crippen molar-refractivity contribution in [3.05, 3.63) is 24.3 Å². The van der Waals surface area contributed by atoms with E-state index in [1.807, 2.05) is 16.7 Å². The van der Waals surface area contributed by atoms with Crippen molar-refractivity contribution in [1.29, 1.82) is 0 Å². The number of hydrogen-bond acceptors (Lipinski definition) is 2. The molecule has 2 rings (SSSR count). The molecule has 0 radical (unpaired) electrons. The van der Waals surface area contributed by atoms with E-state index in [0.29, 0.717) is 6.04 Å². The van der Waals surface area contributed by atoms with Crippen molar-refractivity contribution in [3.63, 3.8) is 0 Å². The van der Waals surface area contributed by atoms with E-state index in [9.17, 15) is 5.11 Å². The van der Waals surface area contributed by atoms with Gasteiger partial charge in [0.2, 0.25) is 0 Å². The van der Waals surface area contributed by atoms with Crippen LogP contribution in [0.4, 0.5) is 5.82 Å². The predicted octanol–water partition coefficient (Wildman–Crippen LogP) is 2.51. The summed E-state index contributed by atoms with van der Waals surface area (Å²) in [5.74, 6) is 1.01. The van der Waals surface area contributed by atoms with Crippen LogP contribution in [-0.4, -0.2) is 9.67 Å². The molecule has 0 atom stereocenters. The number of benzene rings is 1. The van der Waals surface area contributed by atoms with Gasteiger partial charge in [0.15, 0.2) is 0 Å². The molecule has 3 nitrogen and oxygen atoms in total. The van der Waals surface area contributed by atoms with Crippen LogP contribution in [0.15, 0.2) is 24.3 Å². The number of phenols is 1. The maximum absolute atomic E-state index is 9.39. The molecule has 0 aliphatic rings. The van der Waals surface area contributed by atoms with Gasteiger partial charge < -0.3 is 15.4 Å². The van der Waals surface area contributed by atoms with E-state index in [2.05, 4.69) is 13.8 Å². The average molecular weight is 190 g/mol. The summed E-state index contributed by atoms with van der Waals surface area (Å²) in [7, 11) is 0. The summed E-state index contributed by atoms with van der Waals surface area (Å²) in [5.41, 5.74) is 6.87. The largest absolute Gasteiger partial charge is 0.508 e. The van der Waals surface area contributed by atoms with Gasteiger partial charge in [-0.2, -0.15) is 0 Å². The Morgan fingerprint density at radius 1 is 1.29 bits per heavy atom. The van der Waals surface area contributed by atoms with Gasteiger partial charge in [-0.15, -0.1) is 0 Å². The molecule has 2 aromatic rings. The summed E-state index contributed by atoms with van der Waals surface area (Å²) in [6, 6.07) is 7.52. The molecule has 1 aromatic heterocycles. The number of rotatable bonds is 1. The summed E-state index contributed by atoms with van der Waals surface area (Å²) >= 11 is 0. The van der Waals surface area contributed by atoms with E-state index in [-0.39, 0.29) is 5.75 Å². The molecule has 0 bridgehead atoms. The predicted molar refractivity (Wildman–Crippen MR) is 58.4 cm³/mol. The number of nitrogen functional groups attached to an aromatic ring is 1. The molecule has 3 heteroatoms. The summed E-state index contributed by atoms with van der Waals surface area (Å²) < 4.78 is 2.01. The second-order valence-corrected chi connectivity index (χ2v) is 3.78. The van der Waals surface area contributed by atoms with Gasteiger partial charge in [0, 0.05) is 17.5 Å². The number of phenolic OH excluding ortho intramolecular Hbond substituents is 1. The molecule has 3 N–H and O–H groups in total. The van der Waals surface area contributed by atoms with E-state index >= 15 is 0 Å². The molecule has 0 unspecified atom stereocenters. The number of nitrogens with two attached hydrogens (primary N) is 1. The highest BCUT2D eigenvalue weighted by molar-refractivity contribution is 5.85.